The summed E-state index contributed by atoms with van der Waals surface area (Å²) in [7, 11) is 0. The molecule has 4 heteroatoms. The summed E-state index contributed by atoms with van der Waals surface area (Å²) in [6.07, 6.45) is 1.82. The van der Waals surface area contributed by atoms with Crippen LogP contribution in [0.4, 0.5) is 4.39 Å². The first-order valence-corrected chi connectivity index (χ1v) is 7.48. The summed E-state index contributed by atoms with van der Waals surface area (Å²) < 4.78 is 13.5. The molecule has 1 aromatic rings. The fourth-order valence-corrected chi connectivity index (χ4v) is 2.10. The highest BCUT2D eigenvalue weighted by molar-refractivity contribution is 5.78. The molecule has 0 saturated carbocycles. The van der Waals surface area contributed by atoms with Crippen LogP contribution in [-0.2, 0) is 11.2 Å². The molecular weight excluding hydrogens is 269 g/mol. The Morgan fingerprint density at radius 2 is 2.05 bits per heavy atom. The SMILES string of the molecule is CC(CCc1ccccc1F)C(=O)NCC(C)(C)CCO. The van der Waals surface area contributed by atoms with Crippen molar-refractivity contribution in [2.24, 2.45) is 11.3 Å². The molecule has 1 rings (SSSR count). The van der Waals surface area contributed by atoms with Gasteiger partial charge in [-0.1, -0.05) is 39.0 Å². The summed E-state index contributed by atoms with van der Waals surface area (Å²) in [4.78, 5) is 12.0. The van der Waals surface area contributed by atoms with Crippen LogP contribution in [0.15, 0.2) is 24.3 Å². The Bertz CT molecular complexity index is 460. The van der Waals surface area contributed by atoms with E-state index in [-0.39, 0.29) is 29.7 Å². The molecule has 1 amide bonds. The van der Waals surface area contributed by atoms with Crippen LogP contribution in [0.5, 0.6) is 0 Å². The van der Waals surface area contributed by atoms with Crippen molar-refractivity contribution in [1.29, 1.82) is 0 Å². The lowest BCUT2D eigenvalue weighted by Crippen LogP contribution is -2.37. The maximum absolute atomic E-state index is 13.5. The molecule has 21 heavy (non-hydrogen) atoms. The Labute approximate surface area is 126 Å². The van der Waals surface area contributed by atoms with Crippen molar-refractivity contribution in [3.05, 3.63) is 35.6 Å². The van der Waals surface area contributed by atoms with Gasteiger partial charge in [0.25, 0.3) is 0 Å². The maximum Gasteiger partial charge on any atom is 0.222 e. The first-order valence-electron chi connectivity index (χ1n) is 7.48. The van der Waals surface area contributed by atoms with Gasteiger partial charge in [-0.15, -0.1) is 0 Å². The number of hydrogen-bond acceptors (Lipinski definition) is 2. The predicted octanol–water partition coefficient (Wildman–Crippen LogP) is 2.92. The summed E-state index contributed by atoms with van der Waals surface area (Å²) in [6, 6.07) is 6.67. The molecule has 0 heterocycles. The summed E-state index contributed by atoms with van der Waals surface area (Å²) in [5.41, 5.74) is 0.535. The minimum absolute atomic E-state index is 0.0163. The van der Waals surface area contributed by atoms with Crippen molar-refractivity contribution >= 4 is 5.91 Å². The van der Waals surface area contributed by atoms with E-state index in [0.717, 1.165) is 0 Å². The average Bonchev–Trinajstić information content (AvgIpc) is 2.43. The van der Waals surface area contributed by atoms with Gasteiger partial charge in [0.1, 0.15) is 5.82 Å². The van der Waals surface area contributed by atoms with Gasteiger partial charge < -0.3 is 10.4 Å². The van der Waals surface area contributed by atoms with Crippen LogP contribution in [-0.4, -0.2) is 24.2 Å². The van der Waals surface area contributed by atoms with E-state index in [1.165, 1.54) is 6.07 Å². The molecule has 0 aliphatic rings. The molecule has 0 radical (unpaired) electrons. The Hall–Kier alpha value is -1.42. The topological polar surface area (TPSA) is 49.3 Å². The largest absolute Gasteiger partial charge is 0.396 e. The van der Waals surface area contributed by atoms with E-state index in [4.69, 9.17) is 5.11 Å². The number of nitrogens with one attached hydrogen (secondary N) is 1. The molecule has 0 fully saturated rings. The normalized spacial score (nSPS) is 13.0. The third-order valence-electron chi connectivity index (χ3n) is 3.78. The number of rotatable bonds is 8. The number of aliphatic hydroxyl groups is 1. The molecule has 0 spiro atoms. The molecule has 118 valence electrons. The Balaban J connectivity index is 2.40. The van der Waals surface area contributed by atoms with Gasteiger partial charge in [-0.2, -0.15) is 0 Å². The van der Waals surface area contributed by atoms with Gasteiger partial charge in [0.15, 0.2) is 0 Å². The van der Waals surface area contributed by atoms with Crippen LogP contribution < -0.4 is 5.32 Å². The third kappa shape index (κ3) is 6.25. The molecule has 0 saturated heterocycles. The number of hydrogen-bond donors (Lipinski definition) is 2. The van der Waals surface area contributed by atoms with E-state index in [0.29, 0.717) is 31.4 Å². The molecule has 0 aliphatic carbocycles. The predicted molar refractivity (Wildman–Crippen MR) is 82.4 cm³/mol. The summed E-state index contributed by atoms with van der Waals surface area (Å²) >= 11 is 0. The highest BCUT2D eigenvalue weighted by atomic mass is 19.1. The van der Waals surface area contributed by atoms with Crippen LogP contribution in [0.3, 0.4) is 0 Å². The van der Waals surface area contributed by atoms with Gasteiger partial charge in [-0.3, -0.25) is 4.79 Å². The molecule has 1 atom stereocenters. The lowest BCUT2D eigenvalue weighted by molar-refractivity contribution is -0.125. The fourth-order valence-electron chi connectivity index (χ4n) is 2.10. The highest BCUT2D eigenvalue weighted by Crippen LogP contribution is 2.19. The monoisotopic (exact) mass is 295 g/mol. The minimum atomic E-state index is -0.214. The zero-order chi connectivity index (χ0) is 15.9. The van der Waals surface area contributed by atoms with Gasteiger partial charge in [0.2, 0.25) is 5.91 Å². The number of amides is 1. The zero-order valence-electron chi connectivity index (χ0n) is 13.2. The lowest BCUT2D eigenvalue weighted by atomic mass is 9.89. The third-order valence-corrected chi connectivity index (χ3v) is 3.78. The van der Waals surface area contributed by atoms with Crippen molar-refractivity contribution in [3.8, 4) is 0 Å². The molecule has 0 aliphatic heterocycles. The van der Waals surface area contributed by atoms with Gasteiger partial charge in [0.05, 0.1) is 0 Å². The smallest absolute Gasteiger partial charge is 0.222 e. The number of halogens is 1. The molecule has 1 aromatic carbocycles. The zero-order valence-corrected chi connectivity index (χ0v) is 13.2. The number of aryl methyl sites for hydroxylation is 1. The molecule has 2 N–H and O–H groups in total. The van der Waals surface area contributed by atoms with Gasteiger partial charge in [-0.25, -0.2) is 4.39 Å². The quantitative estimate of drug-likeness (QED) is 0.774. The average molecular weight is 295 g/mol. The molecule has 0 bridgehead atoms. The van der Waals surface area contributed by atoms with Crippen molar-refractivity contribution in [3.63, 3.8) is 0 Å². The maximum atomic E-state index is 13.5. The van der Waals surface area contributed by atoms with Gasteiger partial charge in [-0.05, 0) is 36.3 Å². The minimum Gasteiger partial charge on any atom is -0.396 e. The van der Waals surface area contributed by atoms with Crippen LogP contribution in [0, 0.1) is 17.2 Å². The standard InChI is InChI=1S/C17H26FNO2/c1-13(8-9-14-6-4-5-7-15(14)18)16(21)19-12-17(2,3)10-11-20/h4-7,13,20H,8-12H2,1-3H3,(H,19,21). The highest BCUT2D eigenvalue weighted by Gasteiger charge is 2.20. The van der Waals surface area contributed by atoms with Crippen LogP contribution >= 0.6 is 0 Å². The van der Waals surface area contributed by atoms with Crippen LogP contribution in [0.1, 0.15) is 39.2 Å². The van der Waals surface area contributed by atoms with E-state index in [1.54, 1.807) is 18.2 Å². The second-order valence-electron chi connectivity index (χ2n) is 6.39. The van der Waals surface area contributed by atoms with Crippen LogP contribution in [0.25, 0.3) is 0 Å². The Kier molecular flexibility index (Phi) is 6.82. The Morgan fingerprint density at radius 3 is 2.67 bits per heavy atom. The summed E-state index contributed by atoms with van der Waals surface area (Å²) in [5.74, 6) is -0.388. The second kappa shape index (κ2) is 8.13. The van der Waals surface area contributed by atoms with Crippen molar-refractivity contribution < 1.29 is 14.3 Å². The fraction of sp³-hybridized carbons (Fsp3) is 0.588. The number of aliphatic hydroxyl groups excluding tert-OH is 1. The number of carbonyl (C=O) groups excluding carboxylic acids is 1. The number of carbonyl (C=O) groups is 1. The first kappa shape index (κ1) is 17.6. The van der Waals surface area contributed by atoms with Crippen molar-refractivity contribution in [1.82, 2.24) is 5.32 Å². The molecule has 3 nitrogen and oxygen atoms in total. The van der Waals surface area contributed by atoms with E-state index in [9.17, 15) is 9.18 Å². The lowest BCUT2D eigenvalue weighted by Gasteiger charge is -2.24. The van der Waals surface area contributed by atoms with E-state index >= 15 is 0 Å². The molecular formula is C17H26FNO2. The second-order valence-corrected chi connectivity index (χ2v) is 6.39. The van der Waals surface area contributed by atoms with Crippen molar-refractivity contribution in [2.75, 3.05) is 13.2 Å². The summed E-state index contributed by atoms with van der Waals surface area (Å²) in [6.45, 7) is 6.53. The molecule has 1 unspecified atom stereocenters. The first-order chi connectivity index (χ1) is 9.85. The van der Waals surface area contributed by atoms with E-state index in [1.807, 2.05) is 20.8 Å². The Morgan fingerprint density at radius 1 is 1.38 bits per heavy atom. The van der Waals surface area contributed by atoms with Gasteiger partial charge >= 0.3 is 0 Å². The molecule has 0 aromatic heterocycles. The van der Waals surface area contributed by atoms with Gasteiger partial charge in [0, 0.05) is 19.1 Å². The summed E-state index contributed by atoms with van der Waals surface area (Å²) in [5, 5.41) is 11.9. The van der Waals surface area contributed by atoms with E-state index < -0.39 is 0 Å². The van der Waals surface area contributed by atoms with Crippen molar-refractivity contribution in [2.45, 2.75) is 40.0 Å². The van der Waals surface area contributed by atoms with Crippen LogP contribution in [0.2, 0.25) is 0 Å². The van der Waals surface area contributed by atoms with E-state index in [2.05, 4.69) is 5.32 Å². The number of benzene rings is 1.